The maximum Gasteiger partial charge on any atom is 0.255 e. The number of benzene rings is 2. The fourth-order valence-electron chi connectivity index (χ4n) is 2.79. The summed E-state index contributed by atoms with van der Waals surface area (Å²) in [4.78, 5) is 26.2. The highest BCUT2D eigenvalue weighted by molar-refractivity contribution is 7.99. The molecule has 1 aliphatic heterocycles. The molecule has 0 atom stereocenters. The molecule has 130 valence electrons. The van der Waals surface area contributed by atoms with Crippen LogP contribution in [-0.4, -0.2) is 35.6 Å². The van der Waals surface area contributed by atoms with E-state index in [1.54, 1.807) is 11.8 Å². The molecule has 0 unspecified atom stereocenters. The highest BCUT2D eigenvalue weighted by Crippen LogP contribution is 2.16. The van der Waals surface area contributed by atoms with Crippen molar-refractivity contribution < 1.29 is 9.59 Å². The summed E-state index contributed by atoms with van der Waals surface area (Å²) in [6, 6.07) is 17.0. The third kappa shape index (κ3) is 5.10. The maximum absolute atomic E-state index is 12.2. The topological polar surface area (TPSA) is 49.4 Å². The van der Waals surface area contributed by atoms with Gasteiger partial charge in [0, 0.05) is 30.1 Å². The third-order valence-corrected chi connectivity index (χ3v) is 5.19. The number of amides is 2. The Kier molecular flexibility index (Phi) is 6.12. The lowest BCUT2D eigenvalue weighted by atomic mass is 10.1. The number of carbonyl (C=O) groups is 2. The average Bonchev–Trinajstić information content (AvgIpc) is 3.18. The first kappa shape index (κ1) is 17.5. The molecule has 2 aromatic carbocycles. The van der Waals surface area contributed by atoms with Crippen LogP contribution in [0.5, 0.6) is 0 Å². The molecule has 0 radical (unpaired) electrons. The second-order valence-electron chi connectivity index (χ2n) is 6.10. The van der Waals surface area contributed by atoms with Crippen LogP contribution in [0.4, 0.5) is 5.69 Å². The Morgan fingerprint density at radius 3 is 2.32 bits per heavy atom. The molecule has 25 heavy (non-hydrogen) atoms. The second-order valence-corrected chi connectivity index (χ2v) is 7.08. The van der Waals surface area contributed by atoms with Crippen molar-refractivity contribution in [3.63, 3.8) is 0 Å². The van der Waals surface area contributed by atoms with Crippen molar-refractivity contribution in [3.05, 3.63) is 65.7 Å². The van der Waals surface area contributed by atoms with Crippen molar-refractivity contribution in [2.45, 2.75) is 18.6 Å². The zero-order valence-electron chi connectivity index (χ0n) is 14.1. The van der Waals surface area contributed by atoms with Gasteiger partial charge in [-0.15, -0.1) is 11.8 Å². The van der Waals surface area contributed by atoms with E-state index in [-0.39, 0.29) is 11.8 Å². The number of hydrogen-bond acceptors (Lipinski definition) is 3. The van der Waals surface area contributed by atoms with Gasteiger partial charge < -0.3 is 10.2 Å². The normalized spacial score (nSPS) is 13.7. The lowest BCUT2D eigenvalue weighted by Crippen LogP contribution is -2.29. The molecule has 3 rings (SSSR count). The number of nitrogens with one attached hydrogen (secondary N) is 1. The number of carbonyl (C=O) groups excluding carboxylic acids is 2. The fourth-order valence-corrected chi connectivity index (χ4v) is 3.68. The Labute approximate surface area is 152 Å². The molecule has 5 heteroatoms. The van der Waals surface area contributed by atoms with Gasteiger partial charge in [-0.1, -0.05) is 30.3 Å². The Morgan fingerprint density at radius 1 is 0.960 bits per heavy atom. The summed E-state index contributed by atoms with van der Waals surface area (Å²) >= 11 is 1.63. The number of anilines is 1. The molecule has 0 spiro atoms. The van der Waals surface area contributed by atoms with E-state index in [9.17, 15) is 9.59 Å². The van der Waals surface area contributed by atoms with E-state index in [0.29, 0.717) is 11.3 Å². The molecule has 1 heterocycles. The standard InChI is InChI=1S/C20H22N2O2S/c23-19(22-12-4-5-13-22)15-25-14-16-8-10-17(11-9-16)20(24)21-18-6-2-1-3-7-18/h1-3,6-11H,4-5,12-15H2,(H,21,24). The van der Waals surface area contributed by atoms with Crippen LogP contribution in [0.1, 0.15) is 28.8 Å². The van der Waals surface area contributed by atoms with E-state index in [4.69, 9.17) is 0 Å². The van der Waals surface area contributed by atoms with E-state index >= 15 is 0 Å². The van der Waals surface area contributed by atoms with Gasteiger partial charge in [0.05, 0.1) is 5.75 Å². The Morgan fingerprint density at radius 2 is 1.64 bits per heavy atom. The van der Waals surface area contributed by atoms with Gasteiger partial charge in [0.15, 0.2) is 0 Å². The van der Waals surface area contributed by atoms with Gasteiger partial charge in [-0.2, -0.15) is 0 Å². The van der Waals surface area contributed by atoms with Crippen molar-refractivity contribution in [2.75, 3.05) is 24.2 Å². The molecule has 1 saturated heterocycles. The summed E-state index contributed by atoms with van der Waals surface area (Å²) in [6.45, 7) is 1.81. The second kappa shape index (κ2) is 8.72. The van der Waals surface area contributed by atoms with Crippen molar-refractivity contribution in [1.82, 2.24) is 4.90 Å². The van der Waals surface area contributed by atoms with Gasteiger partial charge >= 0.3 is 0 Å². The largest absolute Gasteiger partial charge is 0.342 e. The summed E-state index contributed by atoms with van der Waals surface area (Å²) in [5.41, 5.74) is 2.54. The van der Waals surface area contributed by atoms with Crippen LogP contribution >= 0.6 is 11.8 Å². The predicted molar refractivity (Wildman–Crippen MR) is 103 cm³/mol. The third-order valence-electron chi connectivity index (χ3n) is 4.20. The van der Waals surface area contributed by atoms with Crippen LogP contribution in [-0.2, 0) is 10.5 Å². The first-order chi connectivity index (χ1) is 12.2. The molecule has 0 aliphatic carbocycles. The van der Waals surface area contributed by atoms with Gasteiger partial charge in [0.25, 0.3) is 5.91 Å². The summed E-state index contributed by atoms with van der Waals surface area (Å²) in [5, 5.41) is 2.87. The molecular formula is C20H22N2O2S. The molecule has 1 N–H and O–H groups in total. The average molecular weight is 354 g/mol. The van der Waals surface area contributed by atoms with Crippen molar-refractivity contribution in [2.24, 2.45) is 0 Å². The molecular weight excluding hydrogens is 332 g/mol. The number of para-hydroxylation sites is 1. The van der Waals surface area contributed by atoms with Gasteiger partial charge in [-0.3, -0.25) is 9.59 Å². The molecule has 2 amide bonds. The van der Waals surface area contributed by atoms with E-state index < -0.39 is 0 Å². The molecule has 0 saturated carbocycles. The number of likely N-dealkylation sites (tertiary alicyclic amines) is 1. The predicted octanol–water partition coefficient (Wildman–Crippen LogP) is 3.79. The van der Waals surface area contributed by atoms with Crippen molar-refractivity contribution in [1.29, 1.82) is 0 Å². The van der Waals surface area contributed by atoms with Crippen LogP contribution in [0.25, 0.3) is 0 Å². The minimum absolute atomic E-state index is 0.116. The quantitative estimate of drug-likeness (QED) is 0.858. The summed E-state index contributed by atoms with van der Waals surface area (Å²) in [5.74, 6) is 1.42. The van der Waals surface area contributed by atoms with E-state index in [1.165, 1.54) is 0 Å². The van der Waals surface area contributed by atoms with E-state index in [1.807, 2.05) is 59.5 Å². The molecule has 0 aromatic heterocycles. The van der Waals surface area contributed by atoms with Crippen LogP contribution in [0.3, 0.4) is 0 Å². The van der Waals surface area contributed by atoms with E-state index in [2.05, 4.69) is 5.32 Å². The smallest absolute Gasteiger partial charge is 0.255 e. The number of thioether (sulfide) groups is 1. The van der Waals surface area contributed by atoms with Gasteiger partial charge in [0.1, 0.15) is 0 Å². The maximum atomic E-state index is 12.2. The first-order valence-corrected chi connectivity index (χ1v) is 9.69. The lowest BCUT2D eigenvalue weighted by Gasteiger charge is -2.14. The SMILES string of the molecule is O=C(Nc1ccccc1)c1ccc(CSCC(=O)N2CCCC2)cc1. The molecule has 4 nitrogen and oxygen atoms in total. The molecule has 1 fully saturated rings. The van der Waals surface area contributed by atoms with Crippen molar-refractivity contribution in [3.8, 4) is 0 Å². The number of rotatable bonds is 6. The summed E-state index contributed by atoms with van der Waals surface area (Å²) < 4.78 is 0. The summed E-state index contributed by atoms with van der Waals surface area (Å²) in [6.07, 6.45) is 2.26. The zero-order chi connectivity index (χ0) is 17.5. The lowest BCUT2D eigenvalue weighted by molar-refractivity contribution is -0.127. The summed E-state index contributed by atoms with van der Waals surface area (Å²) in [7, 11) is 0. The van der Waals surface area contributed by atoms with E-state index in [0.717, 1.165) is 42.9 Å². The Hall–Kier alpha value is -2.27. The Balaban J connectivity index is 1.46. The van der Waals surface area contributed by atoms with Crippen LogP contribution in [0, 0.1) is 0 Å². The number of nitrogens with zero attached hydrogens (tertiary/aromatic N) is 1. The van der Waals surface area contributed by atoms with Crippen LogP contribution in [0.2, 0.25) is 0 Å². The molecule has 0 bridgehead atoms. The Bertz CT molecular complexity index is 710. The van der Waals surface area contributed by atoms with Crippen molar-refractivity contribution >= 4 is 29.3 Å². The first-order valence-electron chi connectivity index (χ1n) is 8.53. The zero-order valence-corrected chi connectivity index (χ0v) is 14.9. The van der Waals surface area contributed by atoms with Gasteiger partial charge in [-0.25, -0.2) is 0 Å². The van der Waals surface area contributed by atoms with Crippen LogP contribution < -0.4 is 5.32 Å². The number of hydrogen-bond donors (Lipinski definition) is 1. The van der Waals surface area contributed by atoms with Gasteiger partial charge in [-0.05, 0) is 42.7 Å². The van der Waals surface area contributed by atoms with Crippen LogP contribution in [0.15, 0.2) is 54.6 Å². The molecule has 2 aromatic rings. The monoisotopic (exact) mass is 354 g/mol. The highest BCUT2D eigenvalue weighted by Gasteiger charge is 2.17. The minimum atomic E-state index is -0.116. The fraction of sp³-hybridized carbons (Fsp3) is 0.300. The minimum Gasteiger partial charge on any atom is -0.342 e. The van der Waals surface area contributed by atoms with Gasteiger partial charge in [0.2, 0.25) is 5.91 Å². The highest BCUT2D eigenvalue weighted by atomic mass is 32.2. The molecule has 1 aliphatic rings.